The average Bonchev–Trinajstić information content (AvgIpc) is 2.66. The van der Waals surface area contributed by atoms with Crippen LogP contribution in [0.15, 0.2) is 0 Å². The molecule has 0 aromatic carbocycles. The number of rotatable bonds is 2. The third kappa shape index (κ3) is 2.21. The third-order valence-corrected chi connectivity index (χ3v) is 4.64. The van der Waals surface area contributed by atoms with Crippen molar-refractivity contribution in [2.75, 3.05) is 13.2 Å². The molecule has 1 saturated heterocycles. The van der Waals surface area contributed by atoms with Crippen molar-refractivity contribution in [3.8, 4) is 0 Å². The van der Waals surface area contributed by atoms with Gasteiger partial charge in [0.25, 0.3) is 0 Å². The van der Waals surface area contributed by atoms with E-state index in [1.54, 1.807) is 0 Å². The first-order chi connectivity index (χ1) is 7.08. The van der Waals surface area contributed by atoms with Crippen LogP contribution in [-0.4, -0.2) is 18.8 Å². The van der Waals surface area contributed by atoms with Crippen LogP contribution in [0.25, 0.3) is 0 Å². The van der Waals surface area contributed by atoms with Crippen LogP contribution in [0.5, 0.6) is 0 Å². The van der Waals surface area contributed by atoms with Crippen molar-refractivity contribution >= 4 is 0 Å². The fourth-order valence-electron chi connectivity index (χ4n) is 3.23. The van der Waals surface area contributed by atoms with Gasteiger partial charge in [0.15, 0.2) is 0 Å². The molecule has 2 aliphatic rings. The molecule has 0 aromatic heterocycles. The third-order valence-electron chi connectivity index (χ3n) is 4.64. The van der Waals surface area contributed by atoms with Gasteiger partial charge in [-0.2, -0.15) is 0 Å². The molecule has 2 heteroatoms. The molecule has 1 aliphatic carbocycles. The molecule has 1 atom stereocenters. The summed E-state index contributed by atoms with van der Waals surface area (Å²) in [7, 11) is 0. The van der Waals surface area contributed by atoms with E-state index in [4.69, 9.17) is 10.5 Å². The molecular weight excluding hydrogens is 186 g/mol. The molecule has 0 bridgehead atoms. The molecule has 0 radical (unpaired) electrons. The Morgan fingerprint density at radius 1 is 1.33 bits per heavy atom. The molecule has 2 fully saturated rings. The van der Waals surface area contributed by atoms with Gasteiger partial charge in [-0.15, -0.1) is 0 Å². The zero-order valence-electron chi connectivity index (χ0n) is 10.2. The molecule has 1 saturated carbocycles. The van der Waals surface area contributed by atoms with E-state index < -0.39 is 0 Å². The van der Waals surface area contributed by atoms with Crippen molar-refractivity contribution in [1.29, 1.82) is 0 Å². The van der Waals surface area contributed by atoms with Gasteiger partial charge in [0.1, 0.15) is 0 Å². The molecule has 1 spiro atoms. The highest BCUT2D eigenvalue weighted by molar-refractivity contribution is 4.95. The van der Waals surface area contributed by atoms with Crippen LogP contribution in [0.1, 0.15) is 52.4 Å². The number of nitrogens with two attached hydrogens (primary N) is 1. The summed E-state index contributed by atoms with van der Waals surface area (Å²) in [6.07, 6.45) is 7.73. The van der Waals surface area contributed by atoms with Gasteiger partial charge in [0.2, 0.25) is 0 Å². The lowest BCUT2D eigenvalue weighted by molar-refractivity contribution is -0.111. The standard InChI is InChI=1S/C13H25NO/c1-12(2,10-14)11-5-8-15-13(9-11)6-3-4-7-13/h11H,3-10,14H2,1-2H3. The maximum atomic E-state index is 6.06. The van der Waals surface area contributed by atoms with Crippen LogP contribution >= 0.6 is 0 Å². The zero-order valence-corrected chi connectivity index (χ0v) is 10.2. The lowest BCUT2D eigenvalue weighted by Crippen LogP contribution is -2.44. The summed E-state index contributed by atoms with van der Waals surface area (Å²) in [4.78, 5) is 0. The first-order valence-corrected chi connectivity index (χ1v) is 6.42. The topological polar surface area (TPSA) is 35.2 Å². The van der Waals surface area contributed by atoms with Gasteiger partial charge in [-0.3, -0.25) is 0 Å². The molecule has 0 aromatic rings. The molecule has 2 N–H and O–H groups in total. The Balaban J connectivity index is 2.03. The molecule has 0 amide bonds. The molecule has 1 aliphatic heterocycles. The predicted octanol–water partition coefficient (Wildman–Crippen LogP) is 2.71. The first kappa shape index (κ1) is 11.4. The summed E-state index contributed by atoms with van der Waals surface area (Å²) >= 11 is 0. The first-order valence-electron chi connectivity index (χ1n) is 6.42. The summed E-state index contributed by atoms with van der Waals surface area (Å²) < 4.78 is 6.06. The van der Waals surface area contributed by atoms with Gasteiger partial charge < -0.3 is 10.5 Å². The minimum atomic E-state index is 0.245. The smallest absolute Gasteiger partial charge is 0.0685 e. The highest BCUT2D eigenvalue weighted by Crippen LogP contribution is 2.46. The van der Waals surface area contributed by atoms with Gasteiger partial charge in [-0.25, -0.2) is 0 Å². The molecule has 1 heterocycles. The van der Waals surface area contributed by atoms with Crippen LogP contribution in [0.3, 0.4) is 0 Å². The van der Waals surface area contributed by atoms with Gasteiger partial charge in [0.05, 0.1) is 5.60 Å². The van der Waals surface area contributed by atoms with Crippen molar-refractivity contribution < 1.29 is 4.74 Å². The van der Waals surface area contributed by atoms with E-state index in [9.17, 15) is 0 Å². The van der Waals surface area contributed by atoms with Crippen LogP contribution in [0, 0.1) is 11.3 Å². The van der Waals surface area contributed by atoms with Gasteiger partial charge in [0, 0.05) is 6.61 Å². The largest absolute Gasteiger partial charge is 0.375 e. The van der Waals surface area contributed by atoms with Crippen molar-refractivity contribution in [2.24, 2.45) is 17.1 Å². The minimum absolute atomic E-state index is 0.245. The average molecular weight is 211 g/mol. The van der Waals surface area contributed by atoms with Crippen LogP contribution in [0.4, 0.5) is 0 Å². The Bertz CT molecular complexity index is 219. The molecule has 15 heavy (non-hydrogen) atoms. The highest BCUT2D eigenvalue weighted by Gasteiger charge is 2.43. The van der Waals surface area contributed by atoms with Gasteiger partial charge in [-0.05, 0) is 43.6 Å². The molecule has 88 valence electrons. The van der Waals surface area contributed by atoms with E-state index in [0.717, 1.165) is 19.1 Å². The number of hydrogen-bond donors (Lipinski definition) is 1. The fraction of sp³-hybridized carbons (Fsp3) is 1.00. The molecule has 1 unspecified atom stereocenters. The van der Waals surface area contributed by atoms with E-state index in [1.165, 1.54) is 38.5 Å². The van der Waals surface area contributed by atoms with Crippen molar-refractivity contribution in [1.82, 2.24) is 0 Å². The van der Waals surface area contributed by atoms with Crippen molar-refractivity contribution in [3.05, 3.63) is 0 Å². The van der Waals surface area contributed by atoms with Crippen molar-refractivity contribution in [2.45, 2.75) is 58.0 Å². The Labute approximate surface area is 93.6 Å². The summed E-state index contributed by atoms with van der Waals surface area (Å²) in [5.74, 6) is 0.759. The van der Waals surface area contributed by atoms with Crippen molar-refractivity contribution in [3.63, 3.8) is 0 Å². The van der Waals surface area contributed by atoms with E-state index >= 15 is 0 Å². The monoisotopic (exact) mass is 211 g/mol. The highest BCUT2D eigenvalue weighted by atomic mass is 16.5. The van der Waals surface area contributed by atoms with E-state index in [-0.39, 0.29) is 5.60 Å². The van der Waals surface area contributed by atoms with E-state index in [1.807, 2.05) is 0 Å². The lowest BCUT2D eigenvalue weighted by Gasteiger charge is -2.44. The second kappa shape index (κ2) is 4.06. The number of ether oxygens (including phenoxy) is 1. The molecular formula is C13H25NO. The van der Waals surface area contributed by atoms with E-state index in [2.05, 4.69) is 13.8 Å². The van der Waals surface area contributed by atoms with Crippen LogP contribution in [-0.2, 0) is 4.74 Å². The zero-order chi connectivity index (χ0) is 10.9. The predicted molar refractivity (Wildman–Crippen MR) is 62.7 cm³/mol. The lowest BCUT2D eigenvalue weighted by atomic mass is 9.70. The number of hydrogen-bond acceptors (Lipinski definition) is 2. The summed E-state index contributed by atoms with van der Waals surface area (Å²) in [5.41, 5.74) is 6.42. The summed E-state index contributed by atoms with van der Waals surface area (Å²) in [6, 6.07) is 0. The second-order valence-electron chi connectivity index (χ2n) is 6.12. The summed E-state index contributed by atoms with van der Waals surface area (Å²) in [5, 5.41) is 0. The summed E-state index contributed by atoms with van der Waals surface area (Å²) in [6.45, 7) is 6.37. The SMILES string of the molecule is CC(C)(CN)C1CCOC2(CCCC2)C1. The van der Waals surface area contributed by atoms with E-state index in [0.29, 0.717) is 5.41 Å². The molecule has 2 nitrogen and oxygen atoms in total. The molecule has 2 rings (SSSR count). The second-order valence-corrected chi connectivity index (χ2v) is 6.12. The Kier molecular flexibility index (Phi) is 3.09. The van der Waals surface area contributed by atoms with Gasteiger partial charge in [-0.1, -0.05) is 26.7 Å². The maximum Gasteiger partial charge on any atom is 0.0685 e. The van der Waals surface area contributed by atoms with Crippen LogP contribution in [0.2, 0.25) is 0 Å². The maximum absolute atomic E-state index is 6.06. The Morgan fingerprint density at radius 2 is 2.00 bits per heavy atom. The Morgan fingerprint density at radius 3 is 2.60 bits per heavy atom. The Hall–Kier alpha value is -0.0800. The minimum Gasteiger partial charge on any atom is -0.375 e. The quantitative estimate of drug-likeness (QED) is 0.762. The normalized spacial score (nSPS) is 31.0. The van der Waals surface area contributed by atoms with Gasteiger partial charge >= 0.3 is 0 Å². The fourth-order valence-corrected chi connectivity index (χ4v) is 3.23. The van der Waals surface area contributed by atoms with Crippen LogP contribution < -0.4 is 5.73 Å².